The first-order chi connectivity index (χ1) is 19.7. The topological polar surface area (TPSA) is 0 Å². The van der Waals surface area contributed by atoms with Gasteiger partial charge in [-0.25, -0.2) is 0 Å². The zero-order valence-corrected chi connectivity index (χ0v) is 29.3. The summed E-state index contributed by atoms with van der Waals surface area (Å²) >= 11 is 6.42. The number of hydrogen-bond donors (Lipinski definition) is 0. The molecule has 2 heteroatoms. The molecule has 0 amide bonds. The quantitative estimate of drug-likeness (QED) is 0.0300. The summed E-state index contributed by atoms with van der Waals surface area (Å²) in [7, 11) is 2.39. The molecule has 1 nitrogen and oxygen atoms in total. The third-order valence-electron chi connectivity index (χ3n) is 9.39. The Balaban J connectivity index is 3.38. The van der Waals surface area contributed by atoms with Gasteiger partial charge >= 0.3 is 0 Å². The van der Waals surface area contributed by atoms with Gasteiger partial charge in [0.1, 0.15) is 0 Å². The van der Waals surface area contributed by atoms with Gasteiger partial charge in [-0.15, -0.1) is 0 Å². The van der Waals surface area contributed by atoms with Crippen LogP contribution in [0.25, 0.3) is 0 Å². The van der Waals surface area contributed by atoms with E-state index in [4.69, 9.17) is 11.6 Å². The Morgan fingerprint density at radius 1 is 0.300 bits per heavy atom. The number of quaternary nitrogens is 1. The Kier molecular flexibility index (Phi) is 34.0. The monoisotopic (exact) mass is 585 g/mol. The van der Waals surface area contributed by atoms with E-state index in [1.165, 1.54) is 219 Å². The van der Waals surface area contributed by atoms with Crippen LogP contribution in [0.5, 0.6) is 0 Å². The van der Waals surface area contributed by atoms with E-state index in [2.05, 4.69) is 20.9 Å². The lowest BCUT2D eigenvalue weighted by molar-refractivity contribution is -0.899. The van der Waals surface area contributed by atoms with Crippen LogP contribution in [-0.2, 0) is 0 Å². The molecule has 0 aromatic heterocycles. The highest BCUT2D eigenvalue weighted by Gasteiger charge is 2.18. The average Bonchev–Trinajstić information content (AvgIpc) is 2.96. The molecule has 0 heterocycles. The fourth-order valence-electron chi connectivity index (χ4n) is 6.31. The molecule has 0 rings (SSSR count). The van der Waals surface area contributed by atoms with Crippen LogP contribution in [0.3, 0.4) is 0 Å². The molecule has 0 aliphatic carbocycles. The van der Waals surface area contributed by atoms with Crippen LogP contribution < -0.4 is 0 Å². The Bertz CT molecular complexity index is 415. The van der Waals surface area contributed by atoms with Gasteiger partial charge in [0.05, 0.1) is 20.1 Å². The van der Waals surface area contributed by atoms with E-state index in [-0.39, 0.29) is 0 Å². The molecule has 0 atom stereocenters. The van der Waals surface area contributed by atoms with E-state index in [1.807, 2.05) is 0 Å². The zero-order valence-electron chi connectivity index (χ0n) is 28.6. The molecule has 0 aromatic rings. The van der Waals surface area contributed by atoms with Gasteiger partial charge in [-0.1, -0.05) is 205 Å². The molecule has 0 saturated heterocycles. The van der Waals surface area contributed by atoms with Crippen LogP contribution in [0.2, 0.25) is 0 Å². The molecular formula is C38H79ClN+. The van der Waals surface area contributed by atoms with Crippen molar-refractivity contribution in [3.63, 3.8) is 0 Å². The van der Waals surface area contributed by atoms with Gasteiger partial charge in [0.2, 0.25) is 0 Å². The average molecular weight is 586 g/mol. The van der Waals surface area contributed by atoms with Crippen LogP contribution in [0.15, 0.2) is 0 Å². The van der Waals surface area contributed by atoms with Crippen LogP contribution >= 0.6 is 11.6 Å². The van der Waals surface area contributed by atoms with Gasteiger partial charge < -0.3 is 4.48 Å². The van der Waals surface area contributed by atoms with Crippen molar-refractivity contribution in [1.29, 1.82) is 0 Å². The number of unbranched alkanes of at least 4 members (excludes halogenated alkanes) is 30. The molecule has 0 aliphatic rings. The Hall–Kier alpha value is 0.250. The van der Waals surface area contributed by atoms with Crippen molar-refractivity contribution in [2.45, 2.75) is 219 Å². The molecule has 0 fully saturated rings. The van der Waals surface area contributed by atoms with Gasteiger partial charge in [0.15, 0.2) is 6.00 Å². The number of halogens is 1. The predicted molar refractivity (Wildman–Crippen MR) is 186 cm³/mol. The minimum Gasteiger partial charge on any atom is -0.313 e. The Morgan fingerprint density at radius 3 is 0.650 bits per heavy atom. The van der Waals surface area contributed by atoms with Crippen molar-refractivity contribution >= 4 is 11.6 Å². The molecule has 0 aromatic carbocycles. The summed E-state index contributed by atoms with van der Waals surface area (Å²) in [6, 6.07) is 0.789. The lowest BCUT2D eigenvalue weighted by Gasteiger charge is -2.32. The van der Waals surface area contributed by atoms with Crippen molar-refractivity contribution in [1.82, 2.24) is 0 Å². The summed E-state index contributed by atoms with van der Waals surface area (Å²) < 4.78 is 1.08. The standard InChI is InChI=1S/C38H79ClN/c1-4-6-8-10-12-14-16-18-20-22-24-26-28-30-32-34-36-40(3,38-39)37-35-33-31-29-27-25-23-21-19-17-15-13-11-9-7-5-2/h4-38H2,1-3H3/q+1. The molecule has 0 N–H and O–H groups in total. The largest absolute Gasteiger partial charge is 0.313 e. The zero-order chi connectivity index (χ0) is 29.2. The van der Waals surface area contributed by atoms with Crippen molar-refractivity contribution in [3.8, 4) is 0 Å². The molecule has 0 saturated carbocycles. The van der Waals surface area contributed by atoms with Crippen molar-refractivity contribution in [2.75, 3.05) is 26.1 Å². The van der Waals surface area contributed by atoms with Crippen molar-refractivity contribution in [3.05, 3.63) is 0 Å². The first-order valence-corrected chi connectivity index (χ1v) is 19.6. The highest BCUT2D eigenvalue weighted by atomic mass is 35.5. The normalized spacial score (nSPS) is 12.0. The molecule has 242 valence electrons. The second kappa shape index (κ2) is 33.7. The summed E-state index contributed by atoms with van der Waals surface area (Å²) in [6.07, 6.45) is 46.3. The van der Waals surface area contributed by atoms with E-state index >= 15 is 0 Å². The van der Waals surface area contributed by atoms with E-state index < -0.39 is 0 Å². The Labute approximate surface area is 261 Å². The minimum atomic E-state index is 0.789. The fourth-order valence-corrected chi connectivity index (χ4v) is 6.55. The molecule has 0 unspecified atom stereocenters. The first-order valence-electron chi connectivity index (χ1n) is 19.1. The molecule has 0 bridgehead atoms. The SMILES string of the molecule is CCCCCCCCCCCCCCCCCC[N+](C)(CCl)CCCCCCCCCCCCCCCCCC. The summed E-state index contributed by atoms with van der Waals surface area (Å²) in [4.78, 5) is 0. The van der Waals surface area contributed by atoms with Gasteiger partial charge in [0.25, 0.3) is 0 Å². The van der Waals surface area contributed by atoms with E-state index in [0.29, 0.717) is 0 Å². The smallest absolute Gasteiger partial charge is 0.154 e. The van der Waals surface area contributed by atoms with Crippen molar-refractivity contribution < 1.29 is 4.48 Å². The van der Waals surface area contributed by atoms with Crippen LogP contribution in [0.1, 0.15) is 219 Å². The lowest BCUT2D eigenvalue weighted by atomic mass is 10.0. The van der Waals surface area contributed by atoms with Crippen LogP contribution in [-0.4, -0.2) is 30.6 Å². The number of nitrogens with zero attached hydrogens (tertiary/aromatic N) is 1. The highest BCUT2D eigenvalue weighted by molar-refractivity contribution is 6.16. The van der Waals surface area contributed by atoms with Gasteiger partial charge in [-0.3, -0.25) is 0 Å². The fraction of sp³-hybridized carbons (Fsp3) is 1.00. The predicted octanol–water partition coefficient (Wildman–Crippen LogP) is 14.2. The van der Waals surface area contributed by atoms with Crippen LogP contribution in [0, 0.1) is 0 Å². The summed E-state index contributed by atoms with van der Waals surface area (Å²) in [5.41, 5.74) is 0. The van der Waals surface area contributed by atoms with Gasteiger partial charge in [-0.2, -0.15) is 0 Å². The second-order valence-corrected chi connectivity index (χ2v) is 14.0. The number of alkyl halides is 1. The minimum absolute atomic E-state index is 0.789. The number of hydrogen-bond acceptors (Lipinski definition) is 0. The second-order valence-electron chi connectivity index (χ2n) is 13.8. The third kappa shape index (κ3) is 31.2. The number of rotatable bonds is 35. The molecule has 0 aliphatic heterocycles. The van der Waals surface area contributed by atoms with Crippen molar-refractivity contribution in [2.24, 2.45) is 0 Å². The first kappa shape index (κ1) is 40.2. The van der Waals surface area contributed by atoms with Gasteiger partial charge in [-0.05, 0) is 25.7 Å². The Morgan fingerprint density at radius 2 is 0.475 bits per heavy atom. The van der Waals surface area contributed by atoms with Gasteiger partial charge in [0, 0.05) is 0 Å². The third-order valence-corrected chi connectivity index (χ3v) is 9.97. The summed E-state index contributed by atoms with van der Waals surface area (Å²) in [6.45, 7) is 7.17. The maximum Gasteiger partial charge on any atom is 0.154 e. The summed E-state index contributed by atoms with van der Waals surface area (Å²) in [5.74, 6) is 0. The summed E-state index contributed by atoms with van der Waals surface area (Å²) in [5, 5.41) is 0. The van der Waals surface area contributed by atoms with E-state index in [0.717, 1.165) is 10.5 Å². The van der Waals surface area contributed by atoms with Crippen LogP contribution in [0.4, 0.5) is 0 Å². The lowest BCUT2D eigenvalue weighted by Crippen LogP contribution is -2.44. The molecule has 40 heavy (non-hydrogen) atoms. The maximum absolute atomic E-state index is 6.42. The molecule has 0 spiro atoms. The molecule has 0 radical (unpaired) electrons. The van der Waals surface area contributed by atoms with E-state index in [9.17, 15) is 0 Å². The molecular weight excluding hydrogens is 506 g/mol. The maximum atomic E-state index is 6.42. The highest BCUT2D eigenvalue weighted by Crippen LogP contribution is 2.17. The van der Waals surface area contributed by atoms with E-state index in [1.54, 1.807) is 0 Å².